The van der Waals surface area contributed by atoms with Crippen LogP contribution in [0.1, 0.15) is 0 Å². The van der Waals surface area contributed by atoms with Crippen LogP contribution in [0.15, 0.2) is 0 Å². The van der Waals surface area contributed by atoms with Crippen LogP contribution in [0.5, 0.6) is 0 Å². The molecule has 10 heavy (non-hydrogen) atoms. The van der Waals surface area contributed by atoms with Crippen LogP contribution in [-0.4, -0.2) is 36.7 Å². The van der Waals surface area contributed by atoms with Crippen molar-refractivity contribution in [2.75, 3.05) is 0 Å². The fraction of sp³-hybridized carbons (Fsp3) is 0. The smallest absolute Gasteiger partial charge is 0.510 e. The zero-order chi connectivity index (χ0) is 8.78. The third-order valence-corrected chi connectivity index (χ3v) is 0.234. The molecule has 0 aliphatic rings. The molecule has 0 aliphatic carbocycles. The van der Waals surface area contributed by atoms with E-state index in [9.17, 15) is 0 Å². The van der Waals surface area contributed by atoms with Crippen molar-refractivity contribution in [1.29, 1.82) is 0 Å². The quantitative estimate of drug-likeness (QED) is 0.165. The Hall–Kier alpha value is -0.553. The van der Waals surface area contributed by atoms with Crippen molar-refractivity contribution < 1.29 is 36.6 Å². The number of hydrogen-bond acceptors (Lipinski definition) is 5. The minimum atomic E-state index is -4.67. The van der Waals surface area contributed by atoms with Crippen molar-refractivity contribution in [1.82, 2.24) is 0 Å². The fourth-order valence-electron chi connectivity index (χ4n) is 0. The van der Waals surface area contributed by atoms with Crippen molar-refractivity contribution in [2.45, 2.75) is 0 Å². The van der Waals surface area contributed by atoms with Gasteiger partial charge in [0.15, 0.2) is 0 Å². The molecule has 0 amide bonds. The van der Waals surface area contributed by atoms with Crippen LogP contribution in [0.2, 0.25) is 0 Å². The fourth-order valence-corrected chi connectivity index (χ4v) is 0. The van der Waals surface area contributed by atoms with Gasteiger partial charge in [-0.3, -0.25) is 13.6 Å². The van der Waals surface area contributed by atoms with Crippen molar-refractivity contribution in [3.63, 3.8) is 0 Å². The Morgan fingerprint density at radius 3 is 1.40 bits per heavy atom. The van der Waals surface area contributed by atoms with Crippen molar-refractivity contribution in [2.24, 2.45) is 0 Å². The van der Waals surface area contributed by atoms with Gasteiger partial charge < -0.3 is 9.37 Å². The second kappa shape index (κ2) is 5.25. The van der Waals surface area contributed by atoms with E-state index < -0.39 is 19.6 Å². The van der Waals surface area contributed by atoms with Crippen LogP contribution in [0, 0.1) is 0 Å². The van der Waals surface area contributed by atoms with Gasteiger partial charge in [0.2, 0.25) is 0 Å². The third kappa shape index (κ3) is 148. The molecule has 0 atom stereocenters. The highest BCUT2D eigenvalue weighted by Gasteiger charge is 1.97. The van der Waals surface area contributed by atoms with E-state index in [1.807, 2.05) is 0 Å². The minimum absolute atomic E-state index is 2.85. The maximum absolute atomic E-state index is 9.08. The molecule has 0 aromatic rings. The molecule has 0 saturated heterocycles. The maximum atomic E-state index is 9.08. The van der Waals surface area contributed by atoms with Crippen LogP contribution in [0.4, 0.5) is 0 Å². The Morgan fingerprint density at radius 1 is 1.30 bits per heavy atom. The average molecular weight is 192 g/mol. The van der Waals surface area contributed by atoms with Gasteiger partial charge in [-0.25, -0.2) is 5.26 Å². The van der Waals surface area contributed by atoms with E-state index in [1.165, 1.54) is 0 Å². The molecular formula is H4O8SSi. The molecule has 8 nitrogen and oxygen atoms in total. The van der Waals surface area contributed by atoms with Crippen LogP contribution in [-0.2, 0) is 19.4 Å². The van der Waals surface area contributed by atoms with Crippen molar-refractivity contribution >= 4 is 19.6 Å². The Bertz CT molecular complexity index is 167. The first-order valence-electron chi connectivity index (χ1n) is 1.51. The average Bonchev–Trinajstić information content (AvgIpc) is 1.61. The summed E-state index contributed by atoms with van der Waals surface area (Å²) in [4.78, 5) is 7.44. The summed E-state index contributed by atoms with van der Waals surface area (Å²) in [5.41, 5.74) is 0. The Kier molecular flexibility index (Phi) is 6.38. The highest BCUT2D eigenvalue weighted by Crippen LogP contribution is 1.59. The van der Waals surface area contributed by atoms with Gasteiger partial charge in [-0.05, 0) is 0 Å². The van der Waals surface area contributed by atoms with Crippen molar-refractivity contribution in [3.05, 3.63) is 0 Å². The molecule has 0 aromatic heterocycles. The molecular weight excluding hydrogens is 188 g/mol. The first-order chi connectivity index (χ1) is 4.27. The Balaban J connectivity index is 0. The van der Waals surface area contributed by atoms with E-state index in [2.05, 4.69) is 4.58 Å². The van der Waals surface area contributed by atoms with Gasteiger partial charge in [-0.15, -0.1) is 0 Å². The number of rotatable bonds is 1. The lowest BCUT2D eigenvalue weighted by Crippen LogP contribution is -1.99. The molecule has 0 heterocycles. The number of hydrogen-bond donors (Lipinski definition) is 4. The topological polar surface area (TPSA) is 141 Å². The molecule has 0 bridgehead atoms. The van der Waals surface area contributed by atoms with Crippen LogP contribution < -0.4 is 0 Å². The van der Waals surface area contributed by atoms with E-state index in [1.54, 1.807) is 0 Å². The predicted octanol–water partition coefficient (Wildman–Crippen LogP) is -1.77. The molecule has 4 N–H and O–H groups in total. The summed E-state index contributed by atoms with van der Waals surface area (Å²) in [6.45, 7) is 0. The first-order valence-corrected chi connectivity index (χ1v) is 4.17. The molecule has 10 heteroatoms. The summed E-state index contributed by atoms with van der Waals surface area (Å²) in [7, 11) is -7.74. The standard InChI is InChI=1S/H2O4S.H2O4Si/c1-5(2,3)4;1-4-5(2)3/h(H2,1,2,3,4);1-2H. The zero-order valence-corrected chi connectivity index (χ0v) is 6.15. The maximum Gasteiger partial charge on any atom is 0.798 e. The summed E-state index contributed by atoms with van der Waals surface area (Å²) in [5.74, 6) is 0. The van der Waals surface area contributed by atoms with Crippen LogP contribution in [0.25, 0.3) is 0 Å². The second-order valence-electron chi connectivity index (χ2n) is 0.805. The lowest BCUT2D eigenvalue weighted by Gasteiger charge is -1.73. The van der Waals surface area contributed by atoms with Gasteiger partial charge in [-0.2, -0.15) is 8.42 Å². The molecule has 0 aromatic carbocycles. The molecule has 62 valence electrons. The normalized spacial score (nSPS) is 9.10. The zero-order valence-electron chi connectivity index (χ0n) is 4.33. The van der Waals surface area contributed by atoms with Crippen molar-refractivity contribution in [3.8, 4) is 0 Å². The van der Waals surface area contributed by atoms with Gasteiger partial charge in [0.1, 0.15) is 0 Å². The van der Waals surface area contributed by atoms with Crippen LogP contribution in [0.3, 0.4) is 0 Å². The molecule has 0 saturated carbocycles. The lowest BCUT2D eigenvalue weighted by atomic mass is 15.0. The summed E-state index contributed by atoms with van der Waals surface area (Å²) in [5, 5.41) is 7.13. The van der Waals surface area contributed by atoms with Gasteiger partial charge in [-0.1, -0.05) is 0 Å². The summed E-state index contributed by atoms with van der Waals surface area (Å²) in [6.07, 6.45) is 0. The largest absolute Gasteiger partial charge is 0.798 e. The van der Waals surface area contributed by atoms with Gasteiger partial charge >= 0.3 is 19.6 Å². The molecule has 0 rings (SSSR count). The predicted molar refractivity (Wildman–Crippen MR) is 26.6 cm³/mol. The van der Waals surface area contributed by atoms with E-state index in [4.69, 9.17) is 32.0 Å². The van der Waals surface area contributed by atoms with E-state index >= 15 is 0 Å². The van der Waals surface area contributed by atoms with Gasteiger partial charge in [0.05, 0.1) is 0 Å². The lowest BCUT2D eigenvalue weighted by molar-refractivity contribution is -0.161. The highest BCUT2D eigenvalue weighted by molar-refractivity contribution is 7.79. The third-order valence-electron chi connectivity index (χ3n) is 0.0781. The van der Waals surface area contributed by atoms with E-state index in [0.717, 1.165) is 0 Å². The highest BCUT2D eigenvalue weighted by atomic mass is 32.3. The van der Waals surface area contributed by atoms with E-state index in [0.29, 0.717) is 0 Å². The van der Waals surface area contributed by atoms with Crippen LogP contribution >= 0.6 is 0 Å². The molecule has 0 spiro atoms. The summed E-state index contributed by atoms with van der Waals surface area (Å²) in [6, 6.07) is 0. The van der Waals surface area contributed by atoms with Gasteiger partial charge in [0, 0.05) is 0 Å². The summed E-state index contributed by atoms with van der Waals surface area (Å²) < 4.78 is 43.5. The minimum Gasteiger partial charge on any atom is -0.510 e. The second-order valence-corrected chi connectivity index (χ2v) is 2.42. The summed E-state index contributed by atoms with van der Waals surface area (Å²) >= 11 is 0. The van der Waals surface area contributed by atoms with E-state index in [-0.39, 0.29) is 0 Å². The molecule has 0 aliphatic heterocycles. The monoisotopic (exact) mass is 192 g/mol. The SMILES string of the molecule is O=S(=O)(O)O.O=[Si](O)OO. The molecule has 0 radical (unpaired) electrons. The molecule has 0 unspecified atom stereocenters. The Labute approximate surface area is 57.1 Å². The first kappa shape index (κ1) is 12.2. The Morgan fingerprint density at radius 2 is 1.40 bits per heavy atom. The van der Waals surface area contributed by atoms with Gasteiger partial charge in [0.25, 0.3) is 0 Å². The molecule has 0 fully saturated rings.